The number of amides is 1. The molecule has 0 aliphatic carbocycles. The summed E-state index contributed by atoms with van der Waals surface area (Å²) in [5.74, 6) is -0.188. The second-order valence-corrected chi connectivity index (χ2v) is 5.42. The average Bonchev–Trinajstić information content (AvgIpc) is 2.62. The first-order valence-electron chi connectivity index (χ1n) is 7.72. The van der Waals surface area contributed by atoms with Crippen LogP contribution in [0.1, 0.15) is 22.8 Å². The van der Waals surface area contributed by atoms with Crippen LogP contribution in [-0.4, -0.2) is 18.1 Å². The maximum atomic E-state index is 12.2. The zero-order chi connectivity index (χ0) is 17.6. The summed E-state index contributed by atoms with van der Waals surface area (Å²) in [6.45, 7) is 1.34. The van der Waals surface area contributed by atoms with Crippen LogP contribution in [0, 0.1) is 0 Å². The van der Waals surface area contributed by atoms with Crippen molar-refractivity contribution < 1.29 is 14.3 Å². The quantitative estimate of drug-likeness (QED) is 0.344. The Morgan fingerprint density at radius 2 is 1.68 bits per heavy atom. The molecule has 0 atom stereocenters. The third-order valence-electron chi connectivity index (χ3n) is 3.53. The van der Waals surface area contributed by atoms with E-state index in [1.165, 1.54) is 13.1 Å². The second kappa shape index (κ2) is 7.40. The highest BCUT2D eigenvalue weighted by molar-refractivity contribution is 5.98. The van der Waals surface area contributed by atoms with Crippen molar-refractivity contribution in [2.45, 2.75) is 6.92 Å². The van der Waals surface area contributed by atoms with Crippen molar-refractivity contribution in [1.29, 1.82) is 0 Å². The number of hydrogen-bond acceptors (Lipinski definition) is 4. The van der Waals surface area contributed by atoms with Gasteiger partial charge in [0.05, 0.1) is 6.21 Å². The van der Waals surface area contributed by atoms with Crippen LogP contribution >= 0.6 is 0 Å². The summed E-state index contributed by atoms with van der Waals surface area (Å²) in [6, 6.07) is 20.1. The van der Waals surface area contributed by atoms with E-state index in [0.29, 0.717) is 11.3 Å². The van der Waals surface area contributed by atoms with Gasteiger partial charge in [-0.25, -0.2) is 5.43 Å². The Hall–Kier alpha value is -3.47. The molecular weight excluding hydrogens is 316 g/mol. The highest BCUT2D eigenvalue weighted by atomic mass is 16.5. The zero-order valence-electron chi connectivity index (χ0n) is 13.6. The summed E-state index contributed by atoms with van der Waals surface area (Å²) in [5.41, 5.74) is 3.82. The van der Waals surface area contributed by atoms with Gasteiger partial charge in [-0.05, 0) is 52.7 Å². The van der Waals surface area contributed by atoms with Crippen molar-refractivity contribution >= 4 is 28.9 Å². The minimum atomic E-state index is -0.371. The molecule has 5 heteroatoms. The number of benzene rings is 3. The van der Waals surface area contributed by atoms with Gasteiger partial charge < -0.3 is 4.74 Å². The molecule has 5 nitrogen and oxygen atoms in total. The molecule has 0 unspecified atom stereocenters. The number of hydrazone groups is 1. The monoisotopic (exact) mass is 332 g/mol. The molecule has 0 aromatic heterocycles. The molecule has 0 heterocycles. The first-order valence-corrected chi connectivity index (χ1v) is 7.72. The lowest BCUT2D eigenvalue weighted by molar-refractivity contribution is -0.131. The van der Waals surface area contributed by atoms with Crippen LogP contribution in [0.2, 0.25) is 0 Å². The van der Waals surface area contributed by atoms with Crippen molar-refractivity contribution in [1.82, 2.24) is 5.43 Å². The molecular formula is C20H16N2O3. The Bertz CT molecular complexity index is 947. The van der Waals surface area contributed by atoms with E-state index in [4.69, 9.17) is 4.74 Å². The molecule has 0 fully saturated rings. The van der Waals surface area contributed by atoms with E-state index in [1.807, 2.05) is 36.4 Å². The van der Waals surface area contributed by atoms with E-state index < -0.39 is 0 Å². The third-order valence-corrected chi connectivity index (χ3v) is 3.53. The fraction of sp³-hybridized carbons (Fsp3) is 0.0500. The number of rotatable bonds is 4. The molecule has 0 aliphatic rings. The van der Waals surface area contributed by atoms with Gasteiger partial charge in [0, 0.05) is 12.5 Å². The molecule has 0 saturated carbocycles. The minimum absolute atomic E-state index is 0.279. The van der Waals surface area contributed by atoms with E-state index in [-0.39, 0.29) is 11.9 Å². The number of ether oxygens (including phenoxy) is 1. The Labute approximate surface area is 144 Å². The molecule has 0 spiro atoms. The Kier molecular flexibility index (Phi) is 4.85. The van der Waals surface area contributed by atoms with Crippen molar-refractivity contribution in [2.75, 3.05) is 0 Å². The SMILES string of the molecule is CC(=O)Oc1ccc(/C=N/NC(=O)c2ccc3ccccc3c2)cc1. The van der Waals surface area contributed by atoms with E-state index in [1.54, 1.807) is 30.3 Å². The Balaban J connectivity index is 1.64. The van der Waals surface area contributed by atoms with Crippen LogP contribution in [0.25, 0.3) is 10.8 Å². The van der Waals surface area contributed by atoms with Crippen molar-refractivity contribution in [3.05, 3.63) is 77.9 Å². The predicted molar refractivity (Wildman–Crippen MR) is 96.8 cm³/mol. The van der Waals surface area contributed by atoms with Crippen LogP contribution in [-0.2, 0) is 4.79 Å². The summed E-state index contributed by atoms with van der Waals surface area (Å²) in [7, 11) is 0. The number of fused-ring (bicyclic) bond motifs is 1. The fourth-order valence-corrected chi connectivity index (χ4v) is 2.35. The maximum absolute atomic E-state index is 12.2. The number of carbonyl (C=O) groups is 2. The Morgan fingerprint density at radius 3 is 2.40 bits per heavy atom. The lowest BCUT2D eigenvalue weighted by Crippen LogP contribution is -2.17. The van der Waals surface area contributed by atoms with Gasteiger partial charge in [-0.15, -0.1) is 0 Å². The Morgan fingerprint density at radius 1 is 0.960 bits per heavy atom. The van der Waals surface area contributed by atoms with Gasteiger partial charge in [0.25, 0.3) is 5.91 Å². The number of hydrogen-bond donors (Lipinski definition) is 1. The van der Waals surface area contributed by atoms with Gasteiger partial charge in [-0.3, -0.25) is 9.59 Å². The smallest absolute Gasteiger partial charge is 0.308 e. The summed E-state index contributed by atoms with van der Waals surface area (Å²) >= 11 is 0. The molecule has 0 saturated heterocycles. The molecule has 3 rings (SSSR count). The van der Waals surface area contributed by atoms with Gasteiger partial charge >= 0.3 is 5.97 Å². The first-order chi connectivity index (χ1) is 12.1. The van der Waals surface area contributed by atoms with Gasteiger partial charge in [-0.2, -0.15) is 5.10 Å². The largest absolute Gasteiger partial charge is 0.427 e. The zero-order valence-corrected chi connectivity index (χ0v) is 13.6. The molecule has 3 aromatic rings. The van der Waals surface area contributed by atoms with Crippen molar-refractivity contribution in [3.63, 3.8) is 0 Å². The lowest BCUT2D eigenvalue weighted by Gasteiger charge is -2.03. The number of nitrogens with zero attached hydrogens (tertiary/aromatic N) is 1. The number of esters is 1. The standard InChI is InChI=1S/C20H16N2O3/c1-14(23)25-19-10-6-15(7-11-19)13-21-22-20(24)18-9-8-16-4-2-3-5-17(16)12-18/h2-13H,1H3,(H,22,24)/b21-13+. The molecule has 124 valence electrons. The van der Waals surface area contributed by atoms with Gasteiger partial charge in [0.2, 0.25) is 0 Å². The summed E-state index contributed by atoms with van der Waals surface area (Å²) in [4.78, 5) is 23.0. The van der Waals surface area contributed by atoms with Crippen LogP contribution in [0.5, 0.6) is 5.75 Å². The van der Waals surface area contributed by atoms with Crippen LogP contribution < -0.4 is 10.2 Å². The molecule has 0 bridgehead atoms. The molecule has 3 aromatic carbocycles. The number of nitrogens with one attached hydrogen (secondary N) is 1. The van der Waals surface area contributed by atoms with E-state index in [0.717, 1.165) is 16.3 Å². The molecule has 1 amide bonds. The molecule has 1 N–H and O–H groups in total. The first kappa shape index (κ1) is 16.4. The van der Waals surface area contributed by atoms with Gasteiger partial charge in [-0.1, -0.05) is 30.3 Å². The average molecular weight is 332 g/mol. The number of carbonyl (C=O) groups excluding carboxylic acids is 2. The predicted octanol–water partition coefficient (Wildman–Crippen LogP) is 3.53. The molecule has 0 aliphatic heterocycles. The van der Waals surface area contributed by atoms with Crippen LogP contribution in [0.4, 0.5) is 0 Å². The van der Waals surface area contributed by atoms with Crippen LogP contribution in [0.15, 0.2) is 71.8 Å². The summed E-state index contributed by atoms with van der Waals surface area (Å²) < 4.78 is 4.95. The van der Waals surface area contributed by atoms with E-state index >= 15 is 0 Å². The van der Waals surface area contributed by atoms with E-state index in [9.17, 15) is 9.59 Å². The summed E-state index contributed by atoms with van der Waals surface area (Å²) in [5, 5.41) is 6.04. The van der Waals surface area contributed by atoms with Gasteiger partial charge in [0.1, 0.15) is 5.75 Å². The topological polar surface area (TPSA) is 67.8 Å². The minimum Gasteiger partial charge on any atom is -0.427 e. The van der Waals surface area contributed by atoms with Crippen molar-refractivity contribution in [2.24, 2.45) is 5.10 Å². The normalized spacial score (nSPS) is 10.8. The summed E-state index contributed by atoms with van der Waals surface area (Å²) in [6.07, 6.45) is 1.52. The third kappa shape index (κ3) is 4.29. The van der Waals surface area contributed by atoms with Crippen molar-refractivity contribution in [3.8, 4) is 5.75 Å². The lowest BCUT2D eigenvalue weighted by atomic mass is 10.1. The van der Waals surface area contributed by atoms with E-state index in [2.05, 4.69) is 10.5 Å². The fourth-order valence-electron chi connectivity index (χ4n) is 2.35. The second-order valence-electron chi connectivity index (χ2n) is 5.42. The molecule has 25 heavy (non-hydrogen) atoms. The highest BCUT2D eigenvalue weighted by Crippen LogP contribution is 2.15. The highest BCUT2D eigenvalue weighted by Gasteiger charge is 2.05. The van der Waals surface area contributed by atoms with Crippen LogP contribution in [0.3, 0.4) is 0 Å². The van der Waals surface area contributed by atoms with Gasteiger partial charge in [0.15, 0.2) is 0 Å². The maximum Gasteiger partial charge on any atom is 0.308 e. The molecule has 0 radical (unpaired) electrons.